The third kappa shape index (κ3) is 6.57. The van der Waals surface area contributed by atoms with Crippen LogP contribution in [0.4, 0.5) is 9.18 Å². The molecule has 1 fully saturated rings. The predicted octanol–water partition coefficient (Wildman–Crippen LogP) is 4.13. The number of hydrogen-bond donors (Lipinski definition) is 2. The molecule has 182 valence electrons. The summed E-state index contributed by atoms with van der Waals surface area (Å²) in [6.07, 6.45) is 6.37. The molecular weight excluding hydrogens is 450 g/mol. The van der Waals surface area contributed by atoms with Gasteiger partial charge < -0.3 is 20.7 Å². The number of hydrogen-bond acceptors (Lipinski definition) is 5. The number of rotatable bonds is 7. The van der Waals surface area contributed by atoms with E-state index in [1.54, 1.807) is 12.1 Å². The second-order valence-electron chi connectivity index (χ2n) is 9.14. The zero-order chi connectivity index (χ0) is 24.8. The molecule has 6 nitrogen and oxygen atoms in total. The summed E-state index contributed by atoms with van der Waals surface area (Å²) in [4.78, 5) is 18.6. The van der Waals surface area contributed by atoms with Crippen molar-refractivity contribution in [1.82, 2.24) is 10.2 Å². The van der Waals surface area contributed by atoms with Crippen molar-refractivity contribution in [1.29, 1.82) is 0 Å². The van der Waals surface area contributed by atoms with Crippen LogP contribution in [0.1, 0.15) is 32.8 Å². The van der Waals surface area contributed by atoms with Crippen LogP contribution >= 0.6 is 9.24 Å². The molecule has 1 heterocycles. The van der Waals surface area contributed by atoms with E-state index >= 15 is 0 Å². The van der Waals surface area contributed by atoms with Crippen LogP contribution in [0, 0.1) is 17.7 Å². The summed E-state index contributed by atoms with van der Waals surface area (Å²) in [5.74, 6) is 0.808. The number of aliphatic imine (C=N–C) groups is 1. The number of benzene rings is 1. The van der Waals surface area contributed by atoms with Crippen molar-refractivity contribution in [3.8, 4) is 0 Å². The van der Waals surface area contributed by atoms with Gasteiger partial charge in [0.25, 0.3) is 0 Å². The Balaban J connectivity index is 1.73. The summed E-state index contributed by atoms with van der Waals surface area (Å²) in [5.41, 5.74) is 9.74. The smallest absolute Gasteiger partial charge is 0.407 e. The molecule has 0 saturated carbocycles. The van der Waals surface area contributed by atoms with Crippen LogP contribution in [0.3, 0.4) is 0 Å². The predicted molar refractivity (Wildman–Crippen MR) is 140 cm³/mol. The first-order chi connectivity index (χ1) is 16.2. The van der Waals surface area contributed by atoms with Crippen molar-refractivity contribution in [3.63, 3.8) is 0 Å². The Morgan fingerprint density at radius 3 is 2.88 bits per heavy atom. The zero-order valence-corrected chi connectivity index (χ0v) is 21.3. The fraction of sp³-hybridized carbons (Fsp3) is 0.385. The van der Waals surface area contributed by atoms with Crippen molar-refractivity contribution in [3.05, 3.63) is 71.4 Å². The summed E-state index contributed by atoms with van der Waals surface area (Å²) in [6.45, 7) is 12.4. The highest BCUT2D eigenvalue weighted by Crippen LogP contribution is 2.25. The van der Waals surface area contributed by atoms with Gasteiger partial charge in [-0.1, -0.05) is 38.6 Å². The summed E-state index contributed by atoms with van der Waals surface area (Å²) >= 11 is 0. The molecule has 0 aromatic heterocycles. The minimum absolute atomic E-state index is 0.268. The first kappa shape index (κ1) is 25.7. The maximum Gasteiger partial charge on any atom is 0.407 e. The number of nitrogens with two attached hydrogens (primary N) is 1. The third-order valence-corrected chi connectivity index (χ3v) is 6.21. The molecule has 0 radical (unpaired) electrons. The molecule has 1 amide bonds. The van der Waals surface area contributed by atoms with Crippen LogP contribution in [0.15, 0.2) is 65.0 Å². The van der Waals surface area contributed by atoms with Gasteiger partial charge in [-0.15, -0.1) is 9.24 Å². The van der Waals surface area contributed by atoms with Gasteiger partial charge >= 0.3 is 6.09 Å². The number of carbonyl (C=O) groups is 1. The maximum atomic E-state index is 14.4. The van der Waals surface area contributed by atoms with Gasteiger partial charge in [-0.3, -0.25) is 0 Å². The maximum absolute atomic E-state index is 14.4. The van der Waals surface area contributed by atoms with E-state index in [-0.39, 0.29) is 17.8 Å². The van der Waals surface area contributed by atoms with E-state index in [0.29, 0.717) is 53.7 Å². The van der Waals surface area contributed by atoms with Gasteiger partial charge in [-0.05, 0) is 54.3 Å². The van der Waals surface area contributed by atoms with Gasteiger partial charge in [0, 0.05) is 30.8 Å². The minimum Gasteiger partial charge on any atom is -0.449 e. The van der Waals surface area contributed by atoms with Gasteiger partial charge in [0.2, 0.25) is 0 Å². The lowest BCUT2D eigenvalue weighted by Crippen LogP contribution is -2.33. The molecule has 0 bridgehead atoms. The topological polar surface area (TPSA) is 80.0 Å². The molecule has 3 N–H and O–H groups in total. The number of alkyl carbamates (subject to hydrolysis) is 1. The number of allylic oxidation sites excluding steroid dienone is 5. The lowest BCUT2D eigenvalue weighted by atomic mass is 10.00. The molecule has 1 aliphatic carbocycles. The first-order valence-electron chi connectivity index (χ1n) is 11.5. The Morgan fingerprint density at radius 1 is 1.41 bits per heavy atom. The Labute approximate surface area is 203 Å². The molecule has 0 spiro atoms. The standard InChI is InChI=1S/C26H34FN4O2P/c1-16(2)15-33-26(32)29-13-19-10-11-31(14-19)25(28)20-9-8-17(3)12-22(20)30-18(4)24-21(27)6-5-7-23(24)34/h5-9,12,16,19H,4,10-11,13-15,28,34H2,1-3H3,(H,29,32)/b25-20+,30-22-/t19-/m0/s1. The van der Waals surface area contributed by atoms with Crippen molar-refractivity contribution in [2.75, 3.05) is 26.2 Å². The second kappa shape index (κ2) is 11.5. The molecule has 1 aromatic carbocycles. The fourth-order valence-corrected chi connectivity index (χ4v) is 4.32. The highest BCUT2D eigenvalue weighted by Gasteiger charge is 2.26. The summed E-state index contributed by atoms with van der Waals surface area (Å²) in [7, 11) is 2.53. The van der Waals surface area contributed by atoms with Gasteiger partial charge in [0.1, 0.15) is 11.6 Å². The number of amides is 1. The van der Waals surface area contributed by atoms with Crippen LogP contribution in [-0.4, -0.2) is 42.9 Å². The van der Waals surface area contributed by atoms with E-state index in [0.717, 1.165) is 24.1 Å². The number of halogens is 1. The Hall–Kier alpha value is -2.92. The highest BCUT2D eigenvalue weighted by molar-refractivity contribution is 7.27. The lowest BCUT2D eigenvalue weighted by Gasteiger charge is -2.23. The largest absolute Gasteiger partial charge is 0.449 e. The highest BCUT2D eigenvalue weighted by atomic mass is 31.0. The molecule has 3 rings (SSSR count). The summed E-state index contributed by atoms with van der Waals surface area (Å²) in [5, 5.41) is 3.54. The molecule has 1 unspecified atom stereocenters. The minimum atomic E-state index is -0.385. The number of likely N-dealkylation sites (tertiary alicyclic amines) is 1. The lowest BCUT2D eigenvalue weighted by molar-refractivity contribution is 0.131. The monoisotopic (exact) mass is 484 g/mol. The molecular formula is C26H34FN4O2P. The Kier molecular flexibility index (Phi) is 8.67. The number of nitrogens with one attached hydrogen (secondary N) is 1. The van der Waals surface area contributed by atoms with Gasteiger partial charge in [0.15, 0.2) is 0 Å². The number of nitrogens with zero attached hydrogens (tertiary/aromatic N) is 2. The van der Waals surface area contributed by atoms with Gasteiger partial charge in [-0.2, -0.15) is 0 Å². The van der Waals surface area contributed by atoms with Crippen LogP contribution in [0.2, 0.25) is 0 Å². The average Bonchev–Trinajstić information content (AvgIpc) is 3.25. The van der Waals surface area contributed by atoms with E-state index in [1.807, 2.05) is 39.0 Å². The van der Waals surface area contributed by atoms with Gasteiger partial charge in [0.05, 0.1) is 18.0 Å². The van der Waals surface area contributed by atoms with E-state index in [4.69, 9.17) is 10.5 Å². The Bertz CT molecular complexity index is 1050. The molecule has 8 heteroatoms. The summed E-state index contributed by atoms with van der Waals surface area (Å²) in [6, 6.07) is 4.86. The second-order valence-corrected chi connectivity index (χ2v) is 9.76. The van der Waals surface area contributed by atoms with Crippen molar-refractivity contribution < 1.29 is 13.9 Å². The van der Waals surface area contributed by atoms with Gasteiger partial charge in [-0.25, -0.2) is 14.2 Å². The normalized spacial score (nSPS) is 20.5. The quantitative estimate of drug-likeness (QED) is 0.571. The molecule has 34 heavy (non-hydrogen) atoms. The van der Waals surface area contributed by atoms with Crippen molar-refractivity contribution >= 4 is 32.0 Å². The van der Waals surface area contributed by atoms with E-state index in [2.05, 4.69) is 31.0 Å². The van der Waals surface area contributed by atoms with E-state index in [1.165, 1.54) is 6.07 Å². The van der Waals surface area contributed by atoms with Crippen LogP contribution < -0.4 is 16.4 Å². The summed E-state index contributed by atoms with van der Waals surface area (Å²) < 4.78 is 19.6. The SMILES string of the molecule is C=C(/N=C1/C=C(C)C=C/C1=C(/N)N1CC[C@@H](CNC(=O)OCC(C)C)C1)c1c(F)cccc1P. The number of ether oxygens (including phenoxy) is 1. The van der Waals surface area contributed by atoms with E-state index < -0.39 is 0 Å². The molecule has 2 aliphatic rings. The third-order valence-electron chi connectivity index (χ3n) is 5.73. The van der Waals surface area contributed by atoms with Crippen molar-refractivity contribution in [2.24, 2.45) is 22.6 Å². The van der Waals surface area contributed by atoms with Crippen LogP contribution in [0.25, 0.3) is 5.70 Å². The molecule has 1 aromatic rings. The van der Waals surface area contributed by atoms with Crippen molar-refractivity contribution in [2.45, 2.75) is 27.2 Å². The number of carbonyl (C=O) groups excluding carboxylic acids is 1. The molecule has 1 saturated heterocycles. The average molecular weight is 485 g/mol. The fourth-order valence-electron chi connectivity index (χ4n) is 3.91. The van der Waals surface area contributed by atoms with Crippen LogP contribution in [0.5, 0.6) is 0 Å². The van der Waals surface area contributed by atoms with E-state index in [9.17, 15) is 9.18 Å². The molecule has 1 aliphatic heterocycles. The van der Waals surface area contributed by atoms with Crippen LogP contribution in [-0.2, 0) is 4.74 Å². The zero-order valence-electron chi connectivity index (χ0n) is 20.1. The Morgan fingerprint density at radius 2 is 2.18 bits per heavy atom. The first-order valence-corrected chi connectivity index (χ1v) is 12.1. The molecule has 2 atom stereocenters.